The van der Waals surface area contributed by atoms with E-state index in [2.05, 4.69) is 36.8 Å². The average Bonchev–Trinajstić information content (AvgIpc) is 2.77. The molecule has 2 amide bonds. The van der Waals surface area contributed by atoms with Crippen LogP contribution in [0, 0.1) is 6.92 Å². The summed E-state index contributed by atoms with van der Waals surface area (Å²) in [7, 11) is 1.57. The fourth-order valence-electron chi connectivity index (χ4n) is 1.52. The van der Waals surface area contributed by atoms with Gasteiger partial charge in [0.05, 0.1) is 17.3 Å². The molecule has 0 radical (unpaired) electrons. The van der Waals surface area contributed by atoms with Crippen molar-refractivity contribution in [2.45, 2.75) is 6.92 Å². The van der Waals surface area contributed by atoms with Gasteiger partial charge >= 0.3 is 6.03 Å². The molecule has 3 N–H and O–H groups in total. The van der Waals surface area contributed by atoms with E-state index < -0.39 is 0 Å². The second kappa shape index (κ2) is 5.75. The molecule has 0 fully saturated rings. The smallest absolute Gasteiger partial charge is 0.324 e. The van der Waals surface area contributed by atoms with Crippen molar-refractivity contribution in [1.29, 1.82) is 0 Å². The topological polar surface area (TPSA) is 79.0 Å². The van der Waals surface area contributed by atoms with Crippen LogP contribution in [0.15, 0.2) is 28.7 Å². The first-order valence-corrected chi connectivity index (χ1v) is 6.32. The van der Waals surface area contributed by atoms with Gasteiger partial charge in [-0.3, -0.25) is 10.4 Å². The third-order valence-electron chi connectivity index (χ3n) is 2.38. The van der Waals surface area contributed by atoms with Gasteiger partial charge in [-0.1, -0.05) is 6.07 Å². The Morgan fingerprint density at radius 1 is 1.42 bits per heavy atom. The number of carbonyl (C=O) groups is 1. The quantitative estimate of drug-likeness (QED) is 0.811. The fraction of sp³-hybridized carbons (Fsp3) is 0.167. The van der Waals surface area contributed by atoms with Gasteiger partial charge in [0.1, 0.15) is 5.75 Å². The molecular weight excluding hydrogens is 312 g/mol. The average molecular weight is 325 g/mol. The zero-order chi connectivity index (χ0) is 13.8. The number of halogens is 1. The number of benzene rings is 1. The van der Waals surface area contributed by atoms with Crippen LogP contribution in [-0.4, -0.2) is 23.3 Å². The Bertz CT molecular complexity index is 597. The molecule has 2 rings (SSSR count). The molecule has 2 aromatic rings. The number of anilines is 2. The fourth-order valence-corrected chi connectivity index (χ4v) is 2.04. The van der Waals surface area contributed by atoms with Crippen LogP contribution in [0.1, 0.15) is 5.69 Å². The molecule has 0 unspecified atom stereocenters. The number of rotatable bonds is 3. The molecule has 100 valence electrons. The Labute approximate surface area is 118 Å². The third kappa shape index (κ3) is 3.25. The lowest BCUT2D eigenvalue weighted by molar-refractivity contribution is 0.262. The summed E-state index contributed by atoms with van der Waals surface area (Å²) < 4.78 is 5.84. The van der Waals surface area contributed by atoms with Crippen LogP contribution in [0.2, 0.25) is 0 Å². The number of aryl methyl sites for hydroxylation is 1. The number of aromatic amines is 1. The molecule has 0 aliphatic heterocycles. The summed E-state index contributed by atoms with van der Waals surface area (Å²) in [6.45, 7) is 1.86. The van der Waals surface area contributed by atoms with E-state index in [-0.39, 0.29) is 6.03 Å². The van der Waals surface area contributed by atoms with E-state index >= 15 is 0 Å². The molecule has 0 aliphatic rings. The molecule has 0 bridgehead atoms. The van der Waals surface area contributed by atoms with Gasteiger partial charge in [0, 0.05) is 11.8 Å². The Hall–Kier alpha value is -2.02. The number of ether oxygens (including phenoxy) is 1. The summed E-state index contributed by atoms with van der Waals surface area (Å²) in [6, 6.07) is 6.71. The van der Waals surface area contributed by atoms with Crippen LogP contribution in [0.3, 0.4) is 0 Å². The normalized spacial score (nSPS) is 10.1. The second-order valence-electron chi connectivity index (χ2n) is 3.84. The number of aromatic nitrogens is 2. The van der Waals surface area contributed by atoms with Crippen LogP contribution in [0.25, 0.3) is 0 Å². The van der Waals surface area contributed by atoms with Gasteiger partial charge in [0.25, 0.3) is 0 Å². The number of hydrogen-bond acceptors (Lipinski definition) is 3. The van der Waals surface area contributed by atoms with Gasteiger partial charge in [0.15, 0.2) is 5.82 Å². The number of nitrogens with one attached hydrogen (secondary N) is 3. The van der Waals surface area contributed by atoms with Crippen molar-refractivity contribution >= 4 is 33.5 Å². The van der Waals surface area contributed by atoms with Crippen molar-refractivity contribution in [2.24, 2.45) is 0 Å². The highest BCUT2D eigenvalue weighted by molar-refractivity contribution is 9.10. The van der Waals surface area contributed by atoms with Crippen molar-refractivity contribution in [3.63, 3.8) is 0 Å². The Morgan fingerprint density at radius 2 is 2.21 bits per heavy atom. The number of urea groups is 1. The standard InChI is InChI=1S/C12H13BrN4O2/c1-7-6-10(17-16-7)15-12(18)14-8-4-3-5-9(19-2)11(8)13/h3-6H,1-2H3,(H3,14,15,16,17,18). The zero-order valence-electron chi connectivity index (χ0n) is 10.5. The van der Waals surface area contributed by atoms with E-state index in [4.69, 9.17) is 4.74 Å². The van der Waals surface area contributed by atoms with Crippen molar-refractivity contribution in [2.75, 3.05) is 17.7 Å². The summed E-state index contributed by atoms with van der Waals surface area (Å²) in [4.78, 5) is 11.8. The molecule has 1 aromatic carbocycles. The highest BCUT2D eigenvalue weighted by Crippen LogP contribution is 2.32. The van der Waals surface area contributed by atoms with E-state index in [1.807, 2.05) is 6.92 Å². The van der Waals surface area contributed by atoms with Crippen LogP contribution in [0.4, 0.5) is 16.3 Å². The van der Waals surface area contributed by atoms with Crippen molar-refractivity contribution < 1.29 is 9.53 Å². The van der Waals surface area contributed by atoms with E-state index in [1.165, 1.54) is 0 Å². The Kier molecular flexibility index (Phi) is 4.06. The van der Waals surface area contributed by atoms with E-state index in [0.29, 0.717) is 21.7 Å². The Balaban J connectivity index is 2.07. The second-order valence-corrected chi connectivity index (χ2v) is 4.63. The number of methoxy groups -OCH3 is 1. The maximum absolute atomic E-state index is 11.8. The SMILES string of the molecule is COc1cccc(NC(=O)Nc2cc(C)[nH]n2)c1Br. The first-order valence-electron chi connectivity index (χ1n) is 5.52. The maximum Gasteiger partial charge on any atom is 0.324 e. The molecule has 0 saturated heterocycles. The number of hydrogen-bond donors (Lipinski definition) is 3. The molecule has 0 aliphatic carbocycles. The predicted molar refractivity (Wildman–Crippen MR) is 76.7 cm³/mol. The van der Waals surface area contributed by atoms with Gasteiger partial charge in [-0.2, -0.15) is 5.10 Å². The highest BCUT2D eigenvalue weighted by atomic mass is 79.9. The van der Waals surface area contributed by atoms with Gasteiger partial charge in [-0.15, -0.1) is 0 Å². The monoisotopic (exact) mass is 324 g/mol. The zero-order valence-corrected chi connectivity index (χ0v) is 12.0. The lowest BCUT2D eigenvalue weighted by Crippen LogP contribution is -2.19. The number of H-pyrrole nitrogens is 1. The largest absolute Gasteiger partial charge is 0.495 e. The van der Waals surface area contributed by atoms with E-state index in [0.717, 1.165) is 5.69 Å². The van der Waals surface area contributed by atoms with Crippen LogP contribution in [-0.2, 0) is 0 Å². The van der Waals surface area contributed by atoms with Gasteiger partial charge in [0.2, 0.25) is 0 Å². The van der Waals surface area contributed by atoms with Crippen LogP contribution in [0.5, 0.6) is 5.75 Å². The summed E-state index contributed by atoms with van der Waals surface area (Å²) in [5.74, 6) is 1.11. The van der Waals surface area contributed by atoms with Crippen molar-refractivity contribution in [3.8, 4) is 5.75 Å². The lowest BCUT2D eigenvalue weighted by atomic mass is 10.3. The molecule has 1 heterocycles. The van der Waals surface area contributed by atoms with Gasteiger partial charge < -0.3 is 10.1 Å². The van der Waals surface area contributed by atoms with Crippen LogP contribution >= 0.6 is 15.9 Å². The summed E-state index contributed by atoms with van der Waals surface area (Å²) >= 11 is 3.37. The number of nitrogens with zero attached hydrogens (tertiary/aromatic N) is 1. The minimum Gasteiger partial charge on any atom is -0.495 e. The van der Waals surface area contributed by atoms with Crippen molar-refractivity contribution in [3.05, 3.63) is 34.4 Å². The van der Waals surface area contributed by atoms with Gasteiger partial charge in [-0.25, -0.2) is 4.79 Å². The van der Waals surface area contributed by atoms with E-state index in [1.54, 1.807) is 31.4 Å². The number of carbonyl (C=O) groups excluding carboxylic acids is 1. The molecule has 0 spiro atoms. The minimum atomic E-state index is -0.375. The van der Waals surface area contributed by atoms with Crippen LogP contribution < -0.4 is 15.4 Å². The number of amides is 2. The van der Waals surface area contributed by atoms with Crippen molar-refractivity contribution in [1.82, 2.24) is 10.2 Å². The molecule has 0 saturated carbocycles. The molecule has 0 atom stereocenters. The van der Waals surface area contributed by atoms with Gasteiger partial charge in [-0.05, 0) is 35.0 Å². The predicted octanol–water partition coefficient (Wildman–Crippen LogP) is 3.13. The maximum atomic E-state index is 11.8. The first kappa shape index (κ1) is 13.4. The first-order chi connectivity index (χ1) is 9.10. The summed E-state index contributed by atoms with van der Waals surface area (Å²) in [5.41, 5.74) is 1.49. The summed E-state index contributed by atoms with van der Waals surface area (Å²) in [5, 5.41) is 12.0. The van der Waals surface area contributed by atoms with E-state index in [9.17, 15) is 4.79 Å². The third-order valence-corrected chi connectivity index (χ3v) is 3.20. The molecular formula is C12H13BrN4O2. The molecule has 19 heavy (non-hydrogen) atoms. The molecule has 7 heteroatoms. The minimum absolute atomic E-state index is 0.375. The highest BCUT2D eigenvalue weighted by Gasteiger charge is 2.10. The lowest BCUT2D eigenvalue weighted by Gasteiger charge is -2.10. The molecule has 6 nitrogen and oxygen atoms in total. The Morgan fingerprint density at radius 3 is 2.84 bits per heavy atom. The summed E-state index contributed by atoms with van der Waals surface area (Å²) in [6.07, 6.45) is 0. The molecule has 1 aromatic heterocycles.